The van der Waals surface area contributed by atoms with E-state index in [2.05, 4.69) is 5.10 Å². The number of hydrazone groups is 1. The zero-order valence-electron chi connectivity index (χ0n) is 13.9. The van der Waals surface area contributed by atoms with E-state index in [9.17, 15) is 9.59 Å². The molecule has 0 saturated carbocycles. The molecule has 1 N–H and O–H groups in total. The van der Waals surface area contributed by atoms with E-state index in [0.29, 0.717) is 28.3 Å². The Balaban J connectivity index is 2.23. The van der Waals surface area contributed by atoms with Crippen LogP contribution in [0.3, 0.4) is 0 Å². The highest BCUT2D eigenvalue weighted by Gasteiger charge is 2.27. The molecule has 0 radical (unpaired) electrons. The number of nitrogens with zero attached hydrogens (tertiary/aromatic N) is 3. The molecule has 0 aliphatic carbocycles. The van der Waals surface area contributed by atoms with Crippen LogP contribution in [0.5, 0.6) is 11.5 Å². The van der Waals surface area contributed by atoms with Crippen molar-refractivity contribution in [3.05, 3.63) is 29.3 Å². The Bertz CT molecular complexity index is 792. The SMILES string of the molecule is COc1cc(C=C2C(=O)N(CCC#N)N=C2C)ccc1OCC(=O)O. The Morgan fingerprint density at radius 1 is 1.44 bits per heavy atom. The summed E-state index contributed by atoms with van der Waals surface area (Å²) in [4.78, 5) is 22.9. The number of benzene rings is 1. The second-order valence-electron chi connectivity index (χ2n) is 5.17. The number of carboxylic acid groups (broad SMARTS) is 1. The van der Waals surface area contributed by atoms with Gasteiger partial charge in [0.1, 0.15) is 0 Å². The maximum absolute atomic E-state index is 12.3. The van der Waals surface area contributed by atoms with Crippen molar-refractivity contribution in [3.8, 4) is 17.6 Å². The van der Waals surface area contributed by atoms with E-state index in [0.717, 1.165) is 0 Å². The van der Waals surface area contributed by atoms with E-state index in [1.807, 2.05) is 6.07 Å². The monoisotopic (exact) mass is 343 g/mol. The number of carboxylic acids is 1. The molecule has 1 amide bonds. The number of carbonyl (C=O) groups excluding carboxylic acids is 1. The lowest BCUT2D eigenvalue weighted by molar-refractivity contribution is -0.139. The van der Waals surface area contributed by atoms with Crippen molar-refractivity contribution in [2.45, 2.75) is 13.3 Å². The van der Waals surface area contributed by atoms with Crippen molar-refractivity contribution in [2.75, 3.05) is 20.3 Å². The number of amides is 1. The average Bonchev–Trinajstić information content (AvgIpc) is 2.86. The second kappa shape index (κ2) is 7.97. The van der Waals surface area contributed by atoms with Crippen molar-refractivity contribution < 1.29 is 24.2 Å². The Labute approximate surface area is 144 Å². The maximum Gasteiger partial charge on any atom is 0.341 e. The lowest BCUT2D eigenvalue weighted by Gasteiger charge is -2.10. The van der Waals surface area contributed by atoms with Crippen molar-refractivity contribution in [2.24, 2.45) is 5.10 Å². The van der Waals surface area contributed by atoms with Gasteiger partial charge in [-0.15, -0.1) is 0 Å². The van der Waals surface area contributed by atoms with Crippen LogP contribution >= 0.6 is 0 Å². The molecule has 0 aromatic heterocycles. The summed E-state index contributed by atoms with van der Waals surface area (Å²) in [5, 5.41) is 22.7. The maximum atomic E-state index is 12.3. The first-order chi connectivity index (χ1) is 12.0. The van der Waals surface area contributed by atoms with Gasteiger partial charge in [0.2, 0.25) is 0 Å². The van der Waals surface area contributed by atoms with Crippen LogP contribution in [0.4, 0.5) is 0 Å². The van der Waals surface area contributed by atoms with Gasteiger partial charge >= 0.3 is 5.97 Å². The number of methoxy groups -OCH3 is 1. The Morgan fingerprint density at radius 3 is 2.84 bits per heavy atom. The fourth-order valence-corrected chi connectivity index (χ4v) is 2.25. The molecule has 0 fully saturated rings. The van der Waals surface area contributed by atoms with Gasteiger partial charge in [0.15, 0.2) is 18.1 Å². The summed E-state index contributed by atoms with van der Waals surface area (Å²) in [5.41, 5.74) is 1.67. The predicted octanol–water partition coefficient (Wildman–Crippen LogP) is 1.67. The van der Waals surface area contributed by atoms with E-state index in [1.54, 1.807) is 31.2 Å². The lowest BCUT2D eigenvalue weighted by Crippen LogP contribution is -2.22. The molecule has 0 spiro atoms. The minimum atomic E-state index is -1.09. The predicted molar refractivity (Wildman–Crippen MR) is 89.2 cm³/mol. The first-order valence-electron chi connectivity index (χ1n) is 7.45. The van der Waals surface area contributed by atoms with Crippen molar-refractivity contribution in [1.29, 1.82) is 5.26 Å². The molecule has 1 aliphatic heterocycles. The molecule has 0 unspecified atom stereocenters. The van der Waals surface area contributed by atoms with Gasteiger partial charge in [-0.3, -0.25) is 4.79 Å². The number of carbonyl (C=O) groups is 2. The van der Waals surface area contributed by atoms with E-state index in [1.165, 1.54) is 12.1 Å². The van der Waals surface area contributed by atoms with Crippen molar-refractivity contribution >= 4 is 23.7 Å². The molecule has 0 saturated heterocycles. The third kappa shape index (κ3) is 4.35. The van der Waals surface area contributed by atoms with E-state index in [-0.39, 0.29) is 18.9 Å². The fourth-order valence-electron chi connectivity index (χ4n) is 2.25. The van der Waals surface area contributed by atoms with Crippen molar-refractivity contribution in [1.82, 2.24) is 5.01 Å². The summed E-state index contributed by atoms with van der Waals surface area (Å²) < 4.78 is 10.3. The number of hydrogen-bond donors (Lipinski definition) is 1. The van der Waals surface area contributed by atoms with Crippen LogP contribution in [0.25, 0.3) is 6.08 Å². The molecular weight excluding hydrogens is 326 g/mol. The van der Waals surface area contributed by atoms with Gasteiger partial charge in [-0.2, -0.15) is 10.4 Å². The molecule has 8 heteroatoms. The highest BCUT2D eigenvalue weighted by Crippen LogP contribution is 2.29. The molecule has 1 aliphatic rings. The van der Waals surface area contributed by atoms with Gasteiger partial charge in [-0.25, -0.2) is 9.80 Å². The van der Waals surface area contributed by atoms with Crippen LogP contribution in [0.15, 0.2) is 28.9 Å². The van der Waals surface area contributed by atoms with Gasteiger partial charge in [0, 0.05) is 0 Å². The van der Waals surface area contributed by atoms with Crippen LogP contribution < -0.4 is 9.47 Å². The van der Waals surface area contributed by atoms with Crippen LogP contribution in [0.1, 0.15) is 18.9 Å². The molecule has 1 heterocycles. The molecule has 25 heavy (non-hydrogen) atoms. The number of aliphatic carboxylic acids is 1. The minimum Gasteiger partial charge on any atom is -0.493 e. The van der Waals surface area contributed by atoms with Crippen LogP contribution in [0, 0.1) is 11.3 Å². The topological polar surface area (TPSA) is 112 Å². The fraction of sp³-hybridized carbons (Fsp3) is 0.294. The van der Waals surface area contributed by atoms with Crippen LogP contribution in [-0.4, -0.2) is 48.0 Å². The molecular formula is C17H17N3O5. The van der Waals surface area contributed by atoms with Crippen molar-refractivity contribution in [3.63, 3.8) is 0 Å². The minimum absolute atomic E-state index is 0.208. The standard InChI is InChI=1S/C17H17N3O5/c1-11-13(17(23)20(19-11)7-3-6-18)8-12-4-5-14(15(9-12)24-2)25-10-16(21)22/h4-5,8-9H,3,7,10H2,1-2H3,(H,21,22). The number of hydrogen-bond acceptors (Lipinski definition) is 6. The molecule has 1 aromatic rings. The largest absolute Gasteiger partial charge is 0.493 e. The second-order valence-corrected chi connectivity index (χ2v) is 5.17. The van der Waals surface area contributed by atoms with E-state index in [4.69, 9.17) is 19.8 Å². The van der Waals surface area contributed by atoms with Gasteiger partial charge in [-0.1, -0.05) is 6.07 Å². The number of rotatable bonds is 7. The lowest BCUT2D eigenvalue weighted by atomic mass is 10.1. The zero-order chi connectivity index (χ0) is 18.4. The molecule has 130 valence electrons. The summed E-state index contributed by atoms with van der Waals surface area (Å²) in [6.45, 7) is 1.49. The normalized spacial score (nSPS) is 15.1. The third-order valence-corrected chi connectivity index (χ3v) is 3.41. The smallest absolute Gasteiger partial charge is 0.341 e. The Hall–Kier alpha value is -3.34. The first-order valence-corrected chi connectivity index (χ1v) is 7.45. The summed E-state index contributed by atoms with van der Waals surface area (Å²) in [6, 6.07) is 6.89. The van der Waals surface area contributed by atoms with Gasteiger partial charge in [-0.05, 0) is 30.7 Å². The molecule has 8 nitrogen and oxygen atoms in total. The quantitative estimate of drug-likeness (QED) is 0.754. The van der Waals surface area contributed by atoms with E-state index >= 15 is 0 Å². The Morgan fingerprint density at radius 2 is 2.20 bits per heavy atom. The molecule has 0 bridgehead atoms. The van der Waals surface area contributed by atoms with Gasteiger partial charge in [0.25, 0.3) is 5.91 Å². The average molecular weight is 343 g/mol. The third-order valence-electron chi connectivity index (χ3n) is 3.41. The highest BCUT2D eigenvalue weighted by molar-refractivity contribution is 6.26. The van der Waals surface area contributed by atoms with Crippen LogP contribution in [0.2, 0.25) is 0 Å². The summed E-state index contributed by atoms with van der Waals surface area (Å²) in [7, 11) is 1.44. The first kappa shape index (κ1) is 18.0. The molecule has 0 atom stereocenters. The molecule has 2 rings (SSSR count). The van der Waals surface area contributed by atoms with Gasteiger partial charge in [0.05, 0.1) is 37.4 Å². The summed E-state index contributed by atoms with van der Waals surface area (Å²) in [5.74, 6) is -0.699. The summed E-state index contributed by atoms with van der Waals surface area (Å²) in [6.07, 6.45) is 1.87. The van der Waals surface area contributed by atoms with Crippen LogP contribution in [-0.2, 0) is 9.59 Å². The van der Waals surface area contributed by atoms with E-state index < -0.39 is 12.6 Å². The Kier molecular flexibility index (Phi) is 5.74. The number of ether oxygens (including phenoxy) is 2. The summed E-state index contributed by atoms with van der Waals surface area (Å²) >= 11 is 0. The molecule has 1 aromatic carbocycles. The zero-order valence-corrected chi connectivity index (χ0v) is 13.9. The van der Waals surface area contributed by atoms with Gasteiger partial charge < -0.3 is 14.6 Å². The highest BCUT2D eigenvalue weighted by atomic mass is 16.5. The number of nitriles is 1.